The maximum atomic E-state index is 12.9. The number of carbonyl (C=O) groups is 2. The highest BCUT2D eigenvalue weighted by Crippen LogP contribution is 2.22. The minimum atomic E-state index is -0.932. The van der Waals surface area contributed by atoms with Crippen molar-refractivity contribution >= 4 is 22.6 Å². The Morgan fingerprint density at radius 3 is 2.52 bits per heavy atom. The fraction of sp³-hybridized carbons (Fsp3) is 0.478. The number of benzene rings is 2. The number of carbonyl (C=O) groups excluding carboxylic acids is 1. The molecule has 2 aromatic rings. The molecule has 6 heteroatoms. The van der Waals surface area contributed by atoms with Crippen LogP contribution in [-0.4, -0.2) is 77.0 Å². The van der Waals surface area contributed by atoms with Crippen molar-refractivity contribution < 1.29 is 14.7 Å². The van der Waals surface area contributed by atoms with Crippen LogP contribution in [-0.2, 0) is 16.1 Å². The molecule has 154 valence electrons. The highest BCUT2D eigenvalue weighted by Gasteiger charge is 2.34. The molecule has 0 spiro atoms. The van der Waals surface area contributed by atoms with E-state index in [9.17, 15) is 9.59 Å². The first-order valence-electron chi connectivity index (χ1n) is 10.6. The van der Waals surface area contributed by atoms with Gasteiger partial charge < -0.3 is 10.0 Å². The summed E-state index contributed by atoms with van der Waals surface area (Å²) < 4.78 is 0. The van der Waals surface area contributed by atoms with E-state index >= 15 is 0 Å². The number of amides is 1. The van der Waals surface area contributed by atoms with Crippen molar-refractivity contribution in [2.24, 2.45) is 0 Å². The average molecular weight is 396 g/mol. The summed E-state index contributed by atoms with van der Waals surface area (Å²) in [5, 5.41) is 11.7. The third kappa shape index (κ3) is 4.60. The average Bonchev–Trinajstić information content (AvgIpc) is 2.90. The number of likely N-dealkylation sites (tertiary alicyclic amines) is 1. The number of rotatable bonds is 5. The zero-order chi connectivity index (χ0) is 20.2. The topological polar surface area (TPSA) is 64.1 Å². The van der Waals surface area contributed by atoms with Gasteiger partial charge in [-0.05, 0) is 35.6 Å². The van der Waals surface area contributed by atoms with Gasteiger partial charge in [0, 0.05) is 39.3 Å². The van der Waals surface area contributed by atoms with Gasteiger partial charge >= 0.3 is 5.97 Å². The summed E-state index contributed by atoms with van der Waals surface area (Å²) in [6.45, 7) is 4.83. The normalized spacial score (nSPS) is 22.0. The summed E-state index contributed by atoms with van der Waals surface area (Å²) in [5.41, 5.74) is 1.34. The van der Waals surface area contributed by atoms with Crippen LogP contribution < -0.4 is 0 Å². The summed E-state index contributed by atoms with van der Waals surface area (Å²) >= 11 is 0. The molecule has 0 aromatic heterocycles. The van der Waals surface area contributed by atoms with Crippen molar-refractivity contribution in [2.75, 3.05) is 39.3 Å². The zero-order valence-electron chi connectivity index (χ0n) is 16.8. The lowest BCUT2D eigenvalue weighted by atomic mass is 10.0. The Morgan fingerprint density at radius 2 is 1.72 bits per heavy atom. The number of carboxylic acids is 1. The number of hydrogen-bond acceptors (Lipinski definition) is 4. The van der Waals surface area contributed by atoms with Crippen LogP contribution in [0.5, 0.6) is 0 Å². The van der Waals surface area contributed by atoms with Crippen molar-refractivity contribution in [3.8, 4) is 0 Å². The van der Waals surface area contributed by atoms with Gasteiger partial charge in [0.05, 0.1) is 6.04 Å². The lowest BCUT2D eigenvalue weighted by molar-refractivity contribution is -0.146. The van der Waals surface area contributed by atoms with Crippen LogP contribution in [0.2, 0.25) is 0 Å². The maximum absolute atomic E-state index is 12.9. The van der Waals surface area contributed by atoms with E-state index in [1.807, 2.05) is 0 Å². The van der Waals surface area contributed by atoms with Crippen molar-refractivity contribution in [3.05, 3.63) is 48.0 Å². The molecule has 0 radical (unpaired) electrons. The number of fused-ring (bicyclic) bond motifs is 1. The Bertz CT molecular complexity index is 871. The van der Waals surface area contributed by atoms with Crippen molar-refractivity contribution in [2.45, 2.75) is 31.8 Å². The number of piperazine rings is 1. The summed E-state index contributed by atoms with van der Waals surface area (Å²) in [6, 6.07) is 14.8. The van der Waals surface area contributed by atoms with E-state index in [0.717, 1.165) is 52.0 Å². The van der Waals surface area contributed by atoms with Crippen LogP contribution in [0, 0.1) is 0 Å². The van der Waals surface area contributed by atoms with Crippen LogP contribution >= 0.6 is 0 Å². The lowest BCUT2D eigenvalue weighted by Gasteiger charge is -2.39. The largest absolute Gasteiger partial charge is 0.480 e. The van der Waals surface area contributed by atoms with E-state index in [1.54, 1.807) is 0 Å². The zero-order valence-corrected chi connectivity index (χ0v) is 16.8. The summed E-state index contributed by atoms with van der Waals surface area (Å²) in [4.78, 5) is 30.3. The van der Waals surface area contributed by atoms with Gasteiger partial charge in [-0.2, -0.15) is 0 Å². The molecule has 0 bridgehead atoms. The first kappa shape index (κ1) is 19.9. The third-order valence-corrected chi connectivity index (χ3v) is 6.20. The van der Waals surface area contributed by atoms with Crippen molar-refractivity contribution in [1.82, 2.24) is 14.7 Å². The van der Waals surface area contributed by atoms with Gasteiger partial charge in [-0.3, -0.25) is 19.4 Å². The second-order valence-corrected chi connectivity index (χ2v) is 8.12. The highest BCUT2D eigenvalue weighted by atomic mass is 16.4. The molecule has 1 amide bonds. The maximum Gasteiger partial charge on any atom is 0.323 e. The molecule has 1 N–H and O–H groups in total. The monoisotopic (exact) mass is 395 g/mol. The van der Waals surface area contributed by atoms with Gasteiger partial charge in [0.1, 0.15) is 6.54 Å². The molecule has 2 aliphatic heterocycles. The number of hydrogen-bond donors (Lipinski definition) is 1. The number of nitrogens with zero attached hydrogens (tertiary/aromatic N) is 3. The Balaban J connectivity index is 1.38. The third-order valence-electron chi connectivity index (χ3n) is 6.20. The minimum absolute atomic E-state index is 0.00703. The van der Waals surface area contributed by atoms with Gasteiger partial charge in [-0.25, -0.2) is 0 Å². The van der Waals surface area contributed by atoms with Gasteiger partial charge in [0.25, 0.3) is 0 Å². The Labute approximate surface area is 171 Å². The van der Waals surface area contributed by atoms with E-state index in [1.165, 1.54) is 21.2 Å². The Hall–Kier alpha value is -2.44. The molecule has 2 aliphatic rings. The van der Waals surface area contributed by atoms with E-state index in [-0.39, 0.29) is 18.5 Å². The second-order valence-electron chi connectivity index (χ2n) is 8.12. The molecular formula is C23H29N3O3. The molecule has 1 atom stereocenters. The molecule has 2 aromatic carbocycles. The quantitative estimate of drug-likeness (QED) is 0.842. The smallest absolute Gasteiger partial charge is 0.323 e. The van der Waals surface area contributed by atoms with Gasteiger partial charge in [-0.1, -0.05) is 42.5 Å². The van der Waals surface area contributed by atoms with Crippen molar-refractivity contribution in [1.29, 1.82) is 0 Å². The fourth-order valence-corrected chi connectivity index (χ4v) is 4.65. The summed E-state index contributed by atoms with van der Waals surface area (Å²) in [6.07, 6.45) is 2.69. The predicted octanol–water partition coefficient (Wildman–Crippen LogP) is 2.42. The SMILES string of the molecule is O=C(O)CN1CCCCC(N2CCN(Cc3cccc4ccccc34)CC2)C1=O. The van der Waals surface area contributed by atoms with Crippen LogP contribution in [0.3, 0.4) is 0 Å². The molecule has 0 saturated carbocycles. The van der Waals surface area contributed by atoms with E-state index in [4.69, 9.17) is 5.11 Å². The molecule has 0 aliphatic carbocycles. The predicted molar refractivity (Wildman–Crippen MR) is 113 cm³/mol. The van der Waals surface area contributed by atoms with Crippen LogP contribution in [0.1, 0.15) is 24.8 Å². The van der Waals surface area contributed by atoms with E-state index < -0.39 is 5.97 Å². The van der Waals surface area contributed by atoms with Gasteiger partial charge in [-0.15, -0.1) is 0 Å². The summed E-state index contributed by atoms with van der Waals surface area (Å²) in [5.74, 6) is -0.939. The van der Waals surface area contributed by atoms with Crippen LogP contribution in [0.15, 0.2) is 42.5 Å². The van der Waals surface area contributed by atoms with E-state index in [2.05, 4.69) is 52.3 Å². The molecule has 4 rings (SSSR count). The van der Waals surface area contributed by atoms with E-state index in [0.29, 0.717) is 6.54 Å². The number of aliphatic carboxylic acids is 1. The first-order chi connectivity index (χ1) is 14.1. The highest BCUT2D eigenvalue weighted by molar-refractivity contribution is 5.86. The lowest BCUT2D eigenvalue weighted by Crippen LogP contribution is -2.55. The standard InChI is InChI=1S/C23H29N3O3/c27-22(28)17-26-11-4-3-10-21(23(26)29)25-14-12-24(13-15-25)16-19-8-5-7-18-6-1-2-9-20(18)19/h1-2,5-9,21H,3-4,10-17H2,(H,27,28). The number of carboxylic acid groups (broad SMARTS) is 1. The molecule has 2 saturated heterocycles. The Kier molecular flexibility index (Phi) is 6.11. The fourth-order valence-electron chi connectivity index (χ4n) is 4.65. The second kappa shape index (κ2) is 8.93. The van der Waals surface area contributed by atoms with Gasteiger partial charge in [0.15, 0.2) is 0 Å². The molecule has 29 heavy (non-hydrogen) atoms. The van der Waals surface area contributed by atoms with Gasteiger partial charge in [0.2, 0.25) is 5.91 Å². The minimum Gasteiger partial charge on any atom is -0.480 e. The molecule has 6 nitrogen and oxygen atoms in total. The molecule has 2 fully saturated rings. The molecule has 1 unspecified atom stereocenters. The summed E-state index contributed by atoms with van der Waals surface area (Å²) in [7, 11) is 0. The molecular weight excluding hydrogens is 366 g/mol. The Morgan fingerprint density at radius 1 is 0.966 bits per heavy atom. The first-order valence-corrected chi connectivity index (χ1v) is 10.6. The molecule has 2 heterocycles. The van der Waals surface area contributed by atoms with Crippen molar-refractivity contribution in [3.63, 3.8) is 0 Å². The van der Waals surface area contributed by atoms with Crippen LogP contribution in [0.4, 0.5) is 0 Å². The van der Waals surface area contributed by atoms with Crippen LogP contribution in [0.25, 0.3) is 10.8 Å².